The van der Waals surface area contributed by atoms with Gasteiger partial charge in [0.15, 0.2) is 6.17 Å². The molecule has 4 heteroatoms. The van der Waals surface area contributed by atoms with E-state index in [2.05, 4.69) is 0 Å². The van der Waals surface area contributed by atoms with Gasteiger partial charge in [0.05, 0.1) is 0 Å². The van der Waals surface area contributed by atoms with Crippen LogP contribution >= 0.6 is 11.6 Å². The molecule has 0 heterocycles. The van der Waals surface area contributed by atoms with Crippen LogP contribution in [0.25, 0.3) is 0 Å². The summed E-state index contributed by atoms with van der Waals surface area (Å²) in [5.74, 6) is -4.03. The summed E-state index contributed by atoms with van der Waals surface area (Å²) in [5, 5.41) is 0.618. The average molecular weight is 249 g/mol. The van der Waals surface area contributed by atoms with Crippen molar-refractivity contribution in [2.45, 2.75) is 31.9 Å². The van der Waals surface area contributed by atoms with Crippen molar-refractivity contribution in [3.05, 3.63) is 34.3 Å². The van der Waals surface area contributed by atoms with Gasteiger partial charge in [0.25, 0.3) is 5.92 Å². The van der Waals surface area contributed by atoms with Crippen LogP contribution in [0.3, 0.4) is 0 Å². The number of hydrogen-bond donors (Lipinski definition) is 0. The maximum Gasteiger partial charge on any atom is 0.281 e. The number of rotatable bonds is 2. The van der Waals surface area contributed by atoms with Crippen molar-refractivity contribution in [1.82, 2.24) is 0 Å². The number of alkyl halides is 3. The van der Waals surface area contributed by atoms with Crippen molar-refractivity contribution in [3.63, 3.8) is 0 Å². The summed E-state index contributed by atoms with van der Waals surface area (Å²) in [6.07, 6.45) is -1.80. The molecule has 88 valence electrons. The third-order valence-electron chi connectivity index (χ3n) is 3.16. The first-order valence-corrected chi connectivity index (χ1v) is 5.56. The highest BCUT2D eigenvalue weighted by atomic mass is 35.5. The first-order valence-electron chi connectivity index (χ1n) is 5.18. The first-order chi connectivity index (χ1) is 7.41. The van der Waals surface area contributed by atoms with Crippen molar-refractivity contribution in [2.75, 3.05) is 0 Å². The van der Waals surface area contributed by atoms with Gasteiger partial charge in [-0.1, -0.05) is 23.7 Å². The topological polar surface area (TPSA) is 0 Å². The minimum Gasteiger partial charge on any atom is -0.241 e. The van der Waals surface area contributed by atoms with Crippen molar-refractivity contribution >= 4 is 11.6 Å². The molecule has 0 aliphatic heterocycles. The van der Waals surface area contributed by atoms with E-state index in [9.17, 15) is 13.2 Å². The van der Waals surface area contributed by atoms with Crippen molar-refractivity contribution in [3.8, 4) is 0 Å². The SMILES string of the molecule is Cc1cc(CC2CC(F)C2(F)F)ccc1Cl. The van der Waals surface area contributed by atoms with Gasteiger partial charge in [-0.25, -0.2) is 13.2 Å². The predicted molar refractivity (Wildman–Crippen MR) is 57.8 cm³/mol. The van der Waals surface area contributed by atoms with Crippen LogP contribution in [0.4, 0.5) is 13.2 Å². The highest BCUT2D eigenvalue weighted by Crippen LogP contribution is 2.47. The van der Waals surface area contributed by atoms with Crippen LogP contribution in [0.15, 0.2) is 18.2 Å². The second-order valence-corrected chi connectivity index (χ2v) is 4.77. The lowest BCUT2D eigenvalue weighted by molar-refractivity contribution is -0.193. The van der Waals surface area contributed by atoms with Crippen LogP contribution in [-0.4, -0.2) is 12.1 Å². The lowest BCUT2D eigenvalue weighted by atomic mass is 9.75. The lowest BCUT2D eigenvalue weighted by Crippen LogP contribution is -2.51. The minimum atomic E-state index is -3.16. The van der Waals surface area contributed by atoms with E-state index in [1.165, 1.54) is 0 Å². The fraction of sp³-hybridized carbons (Fsp3) is 0.500. The average Bonchev–Trinajstić information content (AvgIpc) is 2.23. The normalized spacial score (nSPS) is 27.6. The number of halogens is 4. The van der Waals surface area contributed by atoms with E-state index in [0.29, 0.717) is 5.02 Å². The van der Waals surface area contributed by atoms with Crippen LogP contribution in [0.2, 0.25) is 5.02 Å². The van der Waals surface area contributed by atoms with E-state index in [1.807, 2.05) is 6.92 Å². The molecule has 1 aliphatic rings. The Morgan fingerprint density at radius 2 is 2.12 bits per heavy atom. The number of benzene rings is 1. The molecule has 0 radical (unpaired) electrons. The Hall–Kier alpha value is -0.700. The summed E-state index contributed by atoms with van der Waals surface area (Å²) in [6.45, 7) is 1.82. The zero-order valence-corrected chi connectivity index (χ0v) is 9.57. The Labute approximate surface area is 97.4 Å². The van der Waals surface area contributed by atoms with Gasteiger partial charge in [-0.15, -0.1) is 0 Å². The largest absolute Gasteiger partial charge is 0.281 e. The maximum absolute atomic E-state index is 13.1. The van der Waals surface area contributed by atoms with E-state index in [4.69, 9.17) is 11.6 Å². The highest BCUT2D eigenvalue weighted by molar-refractivity contribution is 6.31. The van der Waals surface area contributed by atoms with Gasteiger partial charge < -0.3 is 0 Å². The summed E-state index contributed by atoms with van der Waals surface area (Å²) in [7, 11) is 0. The van der Waals surface area contributed by atoms with E-state index in [0.717, 1.165) is 11.1 Å². The number of aryl methyl sites for hydroxylation is 1. The smallest absolute Gasteiger partial charge is 0.241 e. The highest BCUT2D eigenvalue weighted by Gasteiger charge is 2.57. The van der Waals surface area contributed by atoms with Gasteiger partial charge >= 0.3 is 0 Å². The molecule has 0 N–H and O–H groups in total. The molecule has 0 saturated heterocycles. The van der Waals surface area contributed by atoms with Crippen molar-refractivity contribution < 1.29 is 13.2 Å². The van der Waals surface area contributed by atoms with Crippen LogP contribution < -0.4 is 0 Å². The molecule has 0 spiro atoms. The summed E-state index contributed by atoms with van der Waals surface area (Å²) < 4.78 is 38.7. The third-order valence-corrected chi connectivity index (χ3v) is 3.58. The van der Waals surface area contributed by atoms with E-state index in [-0.39, 0.29) is 12.8 Å². The van der Waals surface area contributed by atoms with Gasteiger partial charge in [-0.05, 0) is 37.0 Å². The molecule has 1 aromatic rings. The van der Waals surface area contributed by atoms with Crippen molar-refractivity contribution in [2.24, 2.45) is 5.92 Å². The molecule has 16 heavy (non-hydrogen) atoms. The maximum atomic E-state index is 13.1. The zero-order valence-electron chi connectivity index (χ0n) is 8.81. The van der Waals surface area contributed by atoms with Gasteiger partial charge in [0.1, 0.15) is 0 Å². The quantitative estimate of drug-likeness (QED) is 0.736. The van der Waals surface area contributed by atoms with E-state index < -0.39 is 18.0 Å². The molecule has 0 nitrogen and oxygen atoms in total. The molecule has 2 atom stereocenters. The molecule has 0 bridgehead atoms. The molecule has 2 rings (SSSR count). The molecular formula is C12H12ClF3. The van der Waals surface area contributed by atoms with Gasteiger partial charge in [0.2, 0.25) is 0 Å². The molecular weight excluding hydrogens is 237 g/mol. The summed E-state index contributed by atoms with van der Waals surface area (Å²) >= 11 is 5.84. The molecule has 0 aromatic heterocycles. The Morgan fingerprint density at radius 1 is 1.44 bits per heavy atom. The van der Waals surface area contributed by atoms with E-state index in [1.54, 1.807) is 18.2 Å². The minimum absolute atomic E-state index is 0.0470. The van der Waals surface area contributed by atoms with Crippen LogP contribution in [0, 0.1) is 12.8 Å². The summed E-state index contributed by atoms with van der Waals surface area (Å²) in [4.78, 5) is 0. The van der Waals surface area contributed by atoms with Gasteiger partial charge in [-0.3, -0.25) is 0 Å². The van der Waals surface area contributed by atoms with Gasteiger partial charge in [0, 0.05) is 10.9 Å². The number of hydrogen-bond acceptors (Lipinski definition) is 0. The Kier molecular flexibility index (Phi) is 2.91. The standard InChI is InChI=1S/C12H12ClF3/c1-7-4-8(2-3-10(7)13)5-9-6-11(14)12(9,15)16/h2-4,9,11H,5-6H2,1H3. The second-order valence-electron chi connectivity index (χ2n) is 4.36. The van der Waals surface area contributed by atoms with Crippen LogP contribution in [0.1, 0.15) is 17.5 Å². The zero-order chi connectivity index (χ0) is 11.9. The van der Waals surface area contributed by atoms with Crippen LogP contribution in [0.5, 0.6) is 0 Å². The second kappa shape index (κ2) is 3.95. The lowest BCUT2D eigenvalue weighted by Gasteiger charge is -2.39. The molecule has 1 aromatic carbocycles. The van der Waals surface area contributed by atoms with Crippen LogP contribution in [-0.2, 0) is 6.42 Å². The predicted octanol–water partition coefficient (Wildman–Crippen LogP) is 4.18. The van der Waals surface area contributed by atoms with Gasteiger partial charge in [-0.2, -0.15) is 0 Å². The monoisotopic (exact) mass is 248 g/mol. The third kappa shape index (κ3) is 1.93. The summed E-state index contributed by atoms with van der Waals surface area (Å²) in [5.41, 5.74) is 1.65. The Balaban J connectivity index is 2.08. The Morgan fingerprint density at radius 3 is 2.62 bits per heavy atom. The molecule has 1 aliphatic carbocycles. The fourth-order valence-corrected chi connectivity index (χ4v) is 2.11. The first kappa shape index (κ1) is 11.8. The summed E-state index contributed by atoms with van der Waals surface area (Å²) in [6, 6.07) is 5.19. The Bertz CT molecular complexity index is 403. The van der Waals surface area contributed by atoms with Crippen molar-refractivity contribution in [1.29, 1.82) is 0 Å². The molecule has 1 fully saturated rings. The molecule has 0 amide bonds. The van der Waals surface area contributed by atoms with E-state index >= 15 is 0 Å². The molecule has 1 saturated carbocycles. The molecule has 2 unspecified atom stereocenters. The fourth-order valence-electron chi connectivity index (χ4n) is 2.00.